The summed E-state index contributed by atoms with van der Waals surface area (Å²) in [6, 6.07) is 8.91. The summed E-state index contributed by atoms with van der Waals surface area (Å²) in [5.41, 5.74) is 0.745. The van der Waals surface area contributed by atoms with E-state index in [9.17, 15) is 19.2 Å². The molecule has 0 aliphatic rings. The molecule has 0 saturated heterocycles. The van der Waals surface area contributed by atoms with Crippen molar-refractivity contribution < 1.29 is 28.7 Å². The molecule has 0 unspecified atom stereocenters. The van der Waals surface area contributed by atoms with E-state index in [1.807, 2.05) is 6.07 Å². The largest absolute Gasteiger partial charge is 0.468 e. The third-order valence-electron chi connectivity index (χ3n) is 2.93. The van der Waals surface area contributed by atoms with E-state index in [4.69, 9.17) is 4.74 Å². The Hall–Kier alpha value is -2.70. The summed E-state index contributed by atoms with van der Waals surface area (Å²) in [5, 5.41) is 0. The number of amides is 2. The summed E-state index contributed by atoms with van der Waals surface area (Å²) >= 11 is 0. The van der Waals surface area contributed by atoms with Crippen LogP contribution in [0.25, 0.3) is 0 Å². The number of benzene rings is 1. The molecular formula is C16H19NO6. The molecule has 7 nitrogen and oxygen atoms in total. The molecule has 124 valence electrons. The molecular weight excluding hydrogens is 302 g/mol. The molecule has 1 aromatic carbocycles. The maximum absolute atomic E-state index is 12.0. The van der Waals surface area contributed by atoms with Gasteiger partial charge in [0.1, 0.15) is 18.9 Å². The molecule has 7 heteroatoms. The highest BCUT2D eigenvalue weighted by atomic mass is 16.6. The predicted molar refractivity (Wildman–Crippen MR) is 80.3 cm³/mol. The fraction of sp³-hybridized carbons (Fsp3) is 0.375. The number of hydrogen-bond acceptors (Lipinski definition) is 6. The Morgan fingerprint density at radius 2 is 1.70 bits per heavy atom. The van der Waals surface area contributed by atoms with Gasteiger partial charge in [-0.25, -0.2) is 9.69 Å². The van der Waals surface area contributed by atoms with E-state index < -0.39 is 24.5 Å². The van der Waals surface area contributed by atoms with E-state index in [0.29, 0.717) is 4.90 Å². The van der Waals surface area contributed by atoms with Crippen LogP contribution in [0.3, 0.4) is 0 Å². The zero-order chi connectivity index (χ0) is 17.2. The van der Waals surface area contributed by atoms with Gasteiger partial charge >= 0.3 is 12.1 Å². The summed E-state index contributed by atoms with van der Waals surface area (Å²) in [6.07, 6.45) is -1.14. The highest BCUT2D eigenvalue weighted by Crippen LogP contribution is 2.06. The Kier molecular flexibility index (Phi) is 7.45. The Bertz CT molecular complexity index is 569. The Morgan fingerprint density at radius 1 is 1.04 bits per heavy atom. The van der Waals surface area contributed by atoms with E-state index in [1.165, 1.54) is 6.92 Å². The van der Waals surface area contributed by atoms with E-state index in [2.05, 4.69) is 4.74 Å². The van der Waals surface area contributed by atoms with Crippen LogP contribution in [0.4, 0.5) is 4.79 Å². The molecule has 0 N–H and O–H groups in total. The lowest BCUT2D eigenvalue weighted by Crippen LogP contribution is -2.41. The van der Waals surface area contributed by atoms with Crippen molar-refractivity contribution in [2.45, 2.75) is 26.4 Å². The Balaban J connectivity index is 2.69. The van der Waals surface area contributed by atoms with Crippen molar-refractivity contribution in [2.75, 3.05) is 13.7 Å². The maximum atomic E-state index is 12.0. The molecule has 0 saturated carbocycles. The smallest absolute Gasteiger partial charge is 0.417 e. The molecule has 0 aliphatic carbocycles. The minimum atomic E-state index is -0.951. The molecule has 0 aliphatic heterocycles. The number of carbonyl (C=O) groups is 4. The standard InChI is InChI=1S/C16H19NO6/c1-12(18)8-9-14(19)17(10-15(20)22-2)16(21)23-11-13-6-4-3-5-7-13/h3-7H,8-11H2,1-2H3. The van der Waals surface area contributed by atoms with Gasteiger partial charge in [0.25, 0.3) is 0 Å². The second-order valence-electron chi connectivity index (χ2n) is 4.80. The van der Waals surface area contributed by atoms with Crippen LogP contribution in [0.5, 0.6) is 0 Å². The van der Waals surface area contributed by atoms with E-state index >= 15 is 0 Å². The summed E-state index contributed by atoms with van der Waals surface area (Å²) in [7, 11) is 1.15. The molecule has 0 heterocycles. The third-order valence-corrected chi connectivity index (χ3v) is 2.93. The molecule has 0 fully saturated rings. The van der Waals surface area contributed by atoms with Gasteiger partial charge in [0.2, 0.25) is 5.91 Å². The van der Waals surface area contributed by atoms with Crippen molar-refractivity contribution in [3.8, 4) is 0 Å². The summed E-state index contributed by atoms with van der Waals surface area (Å²) in [4.78, 5) is 47.0. The number of hydrogen-bond donors (Lipinski definition) is 0. The van der Waals surface area contributed by atoms with Crippen molar-refractivity contribution in [3.05, 3.63) is 35.9 Å². The number of Topliss-reactive ketones (excluding diaryl/α,β-unsaturated/α-hetero) is 1. The Morgan fingerprint density at radius 3 is 2.26 bits per heavy atom. The molecule has 0 bridgehead atoms. The minimum absolute atomic E-state index is 0.0114. The van der Waals surface area contributed by atoms with Gasteiger partial charge in [-0.15, -0.1) is 0 Å². The van der Waals surface area contributed by atoms with Crippen LogP contribution < -0.4 is 0 Å². The summed E-state index contributed by atoms with van der Waals surface area (Å²) in [6.45, 7) is 0.754. The molecule has 23 heavy (non-hydrogen) atoms. The molecule has 0 atom stereocenters. The van der Waals surface area contributed by atoms with Crippen LogP contribution in [-0.4, -0.2) is 42.3 Å². The van der Waals surface area contributed by atoms with Gasteiger partial charge in [-0.1, -0.05) is 30.3 Å². The first-order valence-electron chi connectivity index (χ1n) is 7.01. The normalized spacial score (nSPS) is 9.83. The third kappa shape index (κ3) is 6.73. The minimum Gasteiger partial charge on any atom is -0.468 e. The van der Waals surface area contributed by atoms with Gasteiger partial charge in [0, 0.05) is 12.8 Å². The van der Waals surface area contributed by atoms with Gasteiger partial charge in [0.05, 0.1) is 7.11 Å². The van der Waals surface area contributed by atoms with Crippen molar-refractivity contribution in [3.63, 3.8) is 0 Å². The summed E-state index contributed by atoms with van der Waals surface area (Å²) in [5.74, 6) is -1.60. The van der Waals surface area contributed by atoms with E-state index in [1.54, 1.807) is 24.3 Å². The first-order chi connectivity index (χ1) is 10.9. The van der Waals surface area contributed by atoms with Crippen molar-refractivity contribution in [2.24, 2.45) is 0 Å². The maximum Gasteiger partial charge on any atom is 0.417 e. The van der Waals surface area contributed by atoms with Crippen molar-refractivity contribution in [1.82, 2.24) is 4.90 Å². The number of ketones is 1. The van der Waals surface area contributed by atoms with Crippen LogP contribution in [0.2, 0.25) is 0 Å². The van der Waals surface area contributed by atoms with Gasteiger partial charge in [-0.3, -0.25) is 9.59 Å². The molecule has 0 radical (unpaired) electrons. The molecule has 0 spiro atoms. The molecule has 2 amide bonds. The fourth-order valence-corrected chi connectivity index (χ4v) is 1.66. The van der Waals surface area contributed by atoms with Gasteiger partial charge < -0.3 is 14.3 Å². The quantitative estimate of drug-likeness (QED) is 0.710. The second-order valence-corrected chi connectivity index (χ2v) is 4.80. The number of methoxy groups -OCH3 is 1. The van der Waals surface area contributed by atoms with Crippen LogP contribution in [-0.2, 0) is 30.5 Å². The van der Waals surface area contributed by atoms with Gasteiger partial charge in [0.15, 0.2) is 0 Å². The number of esters is 1. The van der Waals surface area contributed by atoms with Crippen LogP contribution in [0.15, 0.2) is 30.3 Å². The van der Waals surface area contributed by atoms with Gasteiger partial charge in [-0.05, 0) is 12.5 Å². The lowest BCUT2D eigenvalue weighted by molar-refractivity contribution is -0.146. The number of carbonyl (C=O) groups excluding carboxylic acids is 4. The van der Waals surface area contributed by atoms with Crippen LogP contribution in [0.1, 0.15) is 25.3 Å². The average Bonchev–Trinajstić information content (AvgIpc) is 2.55. The highest BCUT2D eigenvalue weighted by molar-refractivity contribution is 5.96. The lowest BCUT2D eigenvalue weighted by Gasteiger charge is -2.19. The zero-order valence-electron chi connectivity index (χ0n) is 13.1. The number of ether oxygens (including phenoxy) is 2. The Labute approximate surface area is 134 Å². The first kappa shape index (κ1) is 18.3. The topological polar surface area (TPSA) is 90.0 Å². The second kappa shape index (κ2) is 9.34. The molecule has 0 aromatic heterocycles. The average molecular weight is 321 g/mol. The predicted octanol–water partition coefficient (Wildman–Crippen LogP) is 1.69. The zero-order valence-corrected chi connectivity index (χ0v) is 13.1. The highest BCUT2D eigenvalue weighted by Gasteiger charge is 2.26. The molecule has 1 aromatic rings. The van der Waals surface area contributed by atoms with Crippen molar-refractivity contribution in [1.29, 1.82) is 0 Å². The van der Waals surface area contributed by atoms with Crippen LogP contribution in [0, 0.1) is 0 Å². The fourth-order valence-electron chi connectivity index (χ4n) is 1.66. The first-order valence-corrected chi connectivity index (χ1v) is 7.01. The monoisotopic (exact) mass is 321 g/mol. The number of imide groups is 1. The van der Waals surface area contributed by atoms with Crippen LogP contribution >= 0.6 is 0 Å². The van der Waals surface area contributed by atoms with E-state index in [-0.39, 0.29) is 25.2 Å². The van der Waals surface area contributed by atoms with Crippen molar-refractivity contribution >= 4 is 23.8 Å². The lowest BCUT2D eigenvalue weighted by atomic mass is 10.2. The van der Waals surface area contributed by atoms with Gasteiger partial charge in [-0.2, -0.15) is 0 Å². The number of rotatable bonds is 7. The summed E-state index contributed by atoms with van der Waals surface area (Å²) < 4.78 is 9.50. The SMILES string of the molecule is COC(=O)CN(C(=O)CCC(C)=O)C(=O)OCc1ccccc1. The number of nitrogens with zero attached hydrogens (tertiary/aromatic N) is 1. The van der Waals surface area contributed by atoms with E-state index in [0.717, 1.165) is 12.7 Å². The molecule has 1 rings (SSSR count).